The number of piperazine rings is 1. The van der Waals surface area contributed by atoms with Crippen LogP contribution < -0.4 is 10.6 Å². The van der Waals surface area contributed by atoms with Gasteiger partial charge in [-0.15, -0.1) is 0 Å². The second-order valence-corrected chi connectivity index (χ2v) is 14.4. The van der Waals surface area contributed by atoms with E-state index in [9.17, 15) is 13.2 Å². The van der Waals surface area contributed by atoms with Gasteiger partial charge >= 0.3 is 11.9 Å². The van der Waals surface area contributed by atoms with E-state index in [2.05, 4.69) is 15.5 Å². The predicted molar refractivity (Wildman–Crippen MR) is 179 cm³/mol. The maximum atomic E-state index is 15.3. The summed E-state index contributed by atoms with van der Waals surface area (Å²) in [5.74, 6) is -1.08. The van der Waals surface area contributed by atoms with E-state index < -0.39 is 27.8 Å². The standard InChI is InChI=1S/C35H40ClFN4O4S/c1-24-22-39-23-28(41(24)46(43,44)29-9-4-3-5-10-29)8-6-11-30-31(37)12-7-13-32(30)40-35(42)34(38-2)33(26-18-20-45-21-19-26)25-14-16-27(36)17-15-25/h2-5,7,9-10,12-17,24,26,28,33-34,39H,6,8,11,18-23H2,1H3/p+1. The molecule has 1 amide bonds. The number of carbonyl (C=O) groups is 1. The van der Waals surface area contributed by atoms with Crippen molar-refractivity contribution in [3.8, 4) is 6.57 Å². The molecular formula is C35H41ClFN4O4S+. The number of nitrogens with one attached hydrogen (secondary N) is 2. The van der Waals surface area contributed by atoms with Crippen molar-refractivity contribution in [2.45, 2.75) is 68.0 Å². The van der Waals surface area contributed by atoms with Gasteiger partial charge < -0.3 is 15.4 Å². The Labute approximate surface area is 276 Å². The zero-order chi connectivity index (χ0) is 32.7. The molecule has 0 saturated carbocycles. The van der Waals surface area contributed by atoms with Crippen molar-refractivity contribution in [2.24, 2.45) is 5.92 Å². The van der Waals surface area contributed by atoms with Gasteiger partial charge in [-0.3, -0.25) is 4.79 Å². The van der Waals surface area contributed by atoms with Crippen LogP contribution in [0.2, 0.25) is 5.02 Å². The zero-order valence-corrected chi connectivity index (χ0v) is 27.5. The zero-order valence-electron chi connectivity index (χ0n) is 25.9. The Morgan fingerprint density at radius 1 is 1.09 bits per heavy atom. The molecule has 3 aromatic carbocycles. The molecule has 0 spiro atoms. The summed E-state index contributed by atoms with van der Waals surface area (Å²) in [6, 6.07) is 18.9. The summed E-state index contributed by atoms with van der Waals surface area (Å²) in [5, 5.41) is 6.85. The summed E-state index contributed by atoms with van der Waals surface area (Å²) in [6.07, 6.45) is 2.82. The number of benzene rings is 3. The van der Waals surface area contributed by atoms with Crippen molar-refractivity contribution >= 4 is 33.2 Å². The molecule has 5 rings (SSSR count). The number of nitrogens with zero attached hydrogens (tertiary/aromatic N) is 2. The van der Waals surface area contributed by atoms with Crippen LogP contribution in [0.25, 0.3) is 4.85 Å². The number of anilines is 1. The van der Waals surface area contributed by atoms with E-state index in [0.29, 0.717) is 61.8 Å². The average molecular weight is 668 g/mol. The van der Waals surface area contributed by atoms with Crippen molar-refractivity contribution < 1.29 is 22.3 Å². The molecule has 3 aromatic rings. The van der Waals surface area contributed by atoms with Crippen molar-refractivity contribution in [2.75, 3.05) is 31.6 Å². The highest BCUT2D eigenvalue weighted by atomic mass is 35.5. The van der Waals surface area contributed by atoms with Crippen molar-refractivity contribution in [1.82, 2.24) is 9.62 Å². The lowest BCUT2D eigenvalue weighted by Gasteiger charge is -2.40. The molecule has 11 heteroatoms. The molecule has 2 saturated heterocycles. The molecule has 2 N–H and O–H groups in total. The van der Waals surface area contributed by atoms with Crippen LogP contribution in [-0.2, 0) is 26.0 Å². The van der Waals surface area contributed by atoms with Gasteiger partial charge in [0.25, 0.3) is 6.57 Å². The van der Waals surface area contributed by atoms with E-state index in [0.717, 1.165) is 18.4 Å². The average Bonchev–Trinajstić information content (AvgIpc) is 3.06. The Morgan fingerprint density at radius 2 is 1.80 bits per heavy atom. The van der Waals surface area contributed by atoms with Crippen LogP contribution in [0.15, 0.2) is 77.7 Å². The fourth-order valence-corrected chi connectivity index (χ4v) is 8.81. The van der Waals surface area contributed by atoms with Gasteiger partial charge in [-0.1, -0.05) is 52.8 Å². The topological polar surface area (TPSA) is 92.1 Å². The number of rotatable bonds is 11. The largest absolute Gasteiger partial charge is 0.381 e. The third-order valence-corrected chi connectivity index (χ3v) is 11.4. The maximum absolute atomic E-state index is 15.3. The summed E-state index contributed by atoms with van der Waals surface area (Å²) < 4.78 is 49.7. The number of ether oxygens (including phenoxy) is 1. The smallest absolute Gasteiger partial charge is 0.355 e. The lowest BCUT2D eigenvalue weighted by Crippen LogP contribution is -2.58. The molecule has 4 atom stereocenters. The molecule has 0 aliphatic carbocycles. The lowest BCUT2D eigenvalue weighted by atomic mass is 9.76. The molecule has 2 aliphatic rings. The summed E-state index contributed by atoms with van der Waals surface area (Å²) in [6.45, 7) is 10.0. The quantitative estimate of drug-likeness (QED) is 0.249. The van der Waals surface area contributed by atoms with Crippen LogP contribution in [-0.4, -0.2) is 63.1 Å². The van der Waals surface area contributed by atoms with Gasteiger partial charge in [0.1, 0.15) is 5.82 Å². The molecule has 0 aromatic heterocycles. The van der Waals surface area contributed by atoms with E-state index in [1.165, 1.54) is 6.07 Å². The molecule has 4 unspecified atom stereocenters. The molecule has 2 heterocycles. The fourth-order valence-electron chi connectivity index (χ4n) is 6.82. The third kappa shape index (κ3) is 7.79. The number of halogens is 2. The lowest BCUT2D eigenvalue weighted by molar-refractivity contribution is -0.117. The number of sulfonamides is 1. The molecule has 2 fully saturated rings. The van der Waals surface area contributed by atoms with Gasteiger partial charge in [0.15, 0.2) is 0 Å². The first-order valence-corrected chi connectivity index (χ1v) is 17.6. The van der Waals surface area contributed by atoms with Crippen LogP contribution in [0.5, 0.6) is 0 Å². The van der Waals surface area contributed by atoms with Crippen molar-refractivity contribution in [3.05, 3.63) is 99.6 Å². The van der Waals surface area contributed by atoms with Crippen LogP contribution in [0.4, 0.5) is 10.1 Å². The summed E-state index contributed by atoms with van der Waals surface area (Å²) in [4.78, 5) is 18.1. The Kier molecular flexibility index (Phi) is 11.5. The minimum atomic E-state index is -3.72. The Balaban J connectivity index is 1.32. The minimum absolute atomic E-state index is 0.103. The highest BCUT2D eigenvalue weighted by molar-refractivity contribution is 7.89. The highest BCUT2D eigenvalue weighted by Crippen LogP contribution is 2.38. The molecule has 244 valence electrons. The summed E-state index contributed by atoms with van der Waals surface area (Å²) in [7, 11) is -3.72. The molecule has 2 aliphatic heterocycles. The highest BCUT2D eigenvalue weighted by Gasteiger charge is 2.44. The number of hydrogen-bond donors (Lipinski definition) is 2. The Bertz CT molecular complexity index is 1630. The SMILES string of the molecule is C#[N+]C(C(=O)Nc1cccc(F)c1CCCC1CNCC(C)N1S(=O)(=O)c1ccccc1)C(c1ccc(Cl)cc1)C1CCOCC1. The normalized spacial score (nSPS) is 20.8. The van der Waals surface area contributed by atoms with Gasteiger partial charge in [-0.2, -0.15) is 4.31 Å². The number of amides is 1. The van der Waals surface area contributed by atoms with Gasteiger partial charge in [-0.25, -0.2) is 12.8 Å². The molecule has 8 nitrogen and oxygen atoms in total. The Morgan fingerprint density at radius 3 is 2.50 bits per heavy atom. The molecular weight excluding hydrogens is 627 g/mol. The van der Waals surface area contributed by atoms with E-state index in [4.69, 9.17) is 22.9 Å². The first kappa shape index (κ1) is 34.0. The van der Waals surface area contributed by atoms with Crippen molar-refractivity contribution in [1.29, 1.82) is 0 Å². The van der Waals surface area contributed by atoms with Crippen molar-refractivity contribution in [3.63, 3.8) is 0 Å². The minimum Gasteiger partial charge on any atom is -0.381 e. The first-order valence-electron chi connectivity index (χ1n) is 15.8. The second-order valence-electron chi connectivity index (χ2n) is 12.1. The van der Waals surface area contributed by atoms with Gasteiger partial charge in [0, 0.05) is 54.7 Å². The summed E-state index contributed by atoms with van der Waals surface area (Å²) >= 11 is 6.16. The van der Waals surface area contributed by atoms with Gasteiger partial charge in [0.2, 0.25) is 10.0 Å². The van der Waals surface area contributed by atoms with Gasteiger partial charge in [0.05, 0.1) is 10.8 Å². The van der Waals surface area contributed by atoms with E-state index in [1.807, 2.05) is 19.1 Å². The maximum Gasteiger partial charge on any atom is 0.355 e. The van der Waals surface area contributed by atoms with Crippen LogP contribution in [0.3, 0.4) is 0 Å². The summed E-state index contributed by atoms with van der Waals surface area (Å²) in [5.41, 5.74) is 1.61. The van der Waals surface area contributed by atoms with E-state index >= 15 is 4.39 Å². The molecule has 0 bridgehead atoms. The number of carbonyl (C=O) groups excluding carboxylic acids is 1. The molecule has 46 heavy (non-hydrogen) atoms. The first-order chi connectivity index (χ1) is 22.2. The van der Waals surface area contributed by atoms with Crippen LogP contribution in [0, 0.1) is 18.3 Å². The Hall–Kier alpha value is -3.33. The fraction of sp³-hybridized carbons (Fsp3) is 0.429. The van der Waals surface area contributed by atoms with Crippen LogP contribution >= 0.6 is 11.6 Å². The monoisotopic (exact) mass is 667 g/mol. The predicted octanol–water partition coefficient (Wildman–Crippen LogP) is 6.33. The van der Waals surface area contributed by atoms with E-state index in [-0.39, 0.29) is 28.8 Å². The molecule has 0 radical (unpaired) electrons. The van der Waals surface area contributed by atoms with Gasteiger partial charge in [-0.05, 0) is 86.9 Å². The second kappa shape index (κ2) is 15.5. The van der Waals surface area contributed by atoms with E-state index in [1.54, 1.807) is 58.9 Å². The number of hydrogen-bond acceptors (Lipinski definition) is 5. The third-order valence-electron chi connectivity index (χ3n) is 9.07. The van der Waals surface area contributed by atoms with Crippen LogP contribution in [0.1, 0.15) is 49.7 Å².